The van der Waals surface area contributed by atoms with Gasteiger partial charge >= 0.3 is 6.09 Å². The first kappa shape index (κ1) is 15.4. The molecule has 0 aromatic carbocycles. The molecule has 0 unspecified atom stereocenters. The van der Waals surface area contributed by atoms with Crippen LogP contribution in [0.15, 0.2) is 18.2 Å². The molecule has 0 spiro atoms. The van der Waals surface area contributed by atoms with E-state index in [-0.39, 0.29) is 10.8 Å². The van der Waals surface area contributed by atoms with Gasteiger partial charge in [-0.2, -0.15) is 15.0 Å². The van der Waals surface area contributed by atoms with Crippen molar-refractivity contribution in [2.45, 2.75) is 25.3 Å². The lowest BCUT2D eigenvalue weighted by molar-refractivity contribution is 0.187. The van der Waals surface area contributed by atoms with E-state index in [4.69, 9.17) is 11.6 Å². The van der Waals surface area contributed by atoms with Gasteiger partial charge in [-0.3, -0.25) is 5.32 Å². The monoisotopic (exact) mass is 334 g/mol. The summed E-state index contributed by atoms with van der Waals surface area (Å²) in [4.78, 5) is 28.0. The molecule has 0 atom stereocenters. The highest BCUT2D eigenvalue weighted by Gasteiger charge is 2.38. The number of carbonyl (C=O) groups excluding carboxylic acids is 1. The van der Waals surface area contributed by atoms with Crippen molar-refractivity contribution in [3.63, 3.8) is 0 Å². The third-order valence-electron chi connectivity index (χ3n) is 3.42. The number of ether oxygens (including phenoxy) is 1. The lowest BCUT2D eigenvalue weighted by Gasteiger charge is -2.12. The molecule has 8 nitrogen and oxygen atoms in total. The van der Waals surface area contributed by atoms with Gasteiger partial charge in [-0.1, -0.05) is 6.07 Å². The highest BCUT2D eigenvalue weighted by atomic mass is 35.5. The second-order valence-electron chi connectivity index (χ2n) is 5.46. The number of rotatable bonds is 4. The molecule has 1 saturated carbocycles. The molecule has 2 aromatic rings. The number of methoxy groups -OCH3 is 1. The first-order valence-electron chi connectivity index (χ1n) is 7.00. The number of amides is 1. The molecule has 3 rings (SSSR count). The minimum absolute atomic E-state index is 0.0175. The lowest BCUT2D eigenvalue weighted by atomic mass is 10.3. The Hall–Kier alpha value is -2.48. The number of nitrogens with one attached hydrogen (secondary N) is 2. The number of pyridine rings is 1. The quantitative estimate of drug-likeness (QED) is 0.886. The normalized spacial score (nSPS) is 14.9. The van der Waals surface area contributed by atoms with E-state index < -0.39 is 6.09 Å². The number of aromatic nitrogens is 4. The summed E-state index contributed by atoms with van der Waals surface area (Å²) >= 11 is 5.98. The molecule has 0 bridgehead atoms. The number of carbonyl (C=O) groups is 1. The van der Waals surface area contributed by atoms with Crippen molar-refractivity contribution in [2.75, 3.05) is 17.7 Å². The van der Waals surface area contributed by atoms with Gasteiger partial charge < -0.3 is 10.1 Å². The molecule has 1 aliphatic carbocycles. The highest BCUT2D eigenvalue weighted by molar-refractivity contribution is 6.28. The summed E-state index contributed by atoms with van der Waals surface area (Å²) < 4.78 is 4.54. The van der Waals surface area contributed by atoms with Crippen molar-refractivity contribution >= 4 is 29.5 Å². The van der Waals surface area contributed by atoms with Crippen LogP contribution < -0.4 is 10.6 Å². The van der Waals surface area contributed by atoms with Gasteiger partial charge in [-0.15, -0.1) is 0 Å². The van der Waals surface area contributed by atoms with Gasteiger partial charge in [0.15, 0.2) is 5.82 Å². The number of hydrogen-bond acceptors (Lipinski definition) is 7. The van der Waals surface area contributed by atoms with Crippen molar-refractivity contribution in [1.82, 2.24) is 19.9 Å². The Morgan fingerprint density at radius 2 is 2.04 bits per heavy atom. The molecule has 1 fully saturated rings. The summed E-state index contributed by atoms with van der Waals surface area (Å²) in [5, 5.41) is 5.80. The third kappa shape index (κ3) is 3.84. The summed E-state index contributed by atoms with van der Waals surface area (Å²) in [5.74, 6) is 1.06. The van der Waals surface area contributed by atoms with E-state index >= 15 is 0 Å². The molecule has 1 aliphatic rings. The average Bonchev–Trinajstić information content (AvgIpc) is 3.23. The van der Waals surface area contributed by atoms with Crippen LogP contribution in [0.5, 0.6) is 0 Å². The molecule has 1 amide bonds. The van der Waals surface area contributed by atoms with E-state index in [0.717, 1.165) is 12.8 Å². The molecular formula is C14H15ClN6O2. The fourth-order valence-electron chi connectivity index (χ4n) is 1.89. The van der Waals surface area contributed by atoms with Crippen molar-refractivity contribution in [3.8, 4) is 11.5 Å². The van der Waals surface area contributed by atoms with Gasteiger partial charge in [0, 0.05) is 5.54 Å². The van der Waals surface area contributed by atoms with Crippen molar-refractivity contribution in [1.29, 1.82) is 0 Å². The number of hydrogen-bond donors (Lipinski definition) is 2. The topological polar surface area (TPSA) is 102 Å². The fraction of sp³-hybridized carbons (Fsp3) is 0.357. The summed E-state index contributed by atoms with van der Waals surface area (Å²) in [6.45, 7) is 2.09. The molecule has 0 radical (unpaired) electrons. The van der Waals surface area contributed by atoms with E-state index in [1.165, 1.54) is 7.11 Å². The molecule has 0 saturated heterocycles. The van der Waals surface area contributed by atoms with Crippen LogP contribution in [0.1, 0.15) is 19.8 Å². The first-order valence-corrected chi connectivity index (χ1v) is 7.37. The van der Waals surface area contributed by atoms with Gasteiger partial charge in [0.1, 0.15) is 11.5 Å². The van der Waals surface area contributed by atoms with Crippen molar-refractivity contribution in [2.24, 2.45) is 0 Å². The maximum atomic E-state index is 11.3. The Morgan fingerprint density at radius 1 is 1.26 bits per heavy atom. The number of halogens is 1. The van der Waals surface area contributed by atoms with Crippen LogP contribution in [-0.4, -0.2) is 38.7 Å². The van der Waals surface area contributed by atoms with Gasteiger partial charge in [-0.25, -0.2) is 9.78 Å². The van der Waals surface area contributed by atoms with Crippen molar-refractivity contribution in [3.05, 3.63) is 23.5 Å². The zero-order valence-corrected chi connectivity index (χ0v) is 13.4. The smallest absolute Gasteiger partial charge is 0.412 e. The zero-order valence-electron chi connectivity index (χ0n) is 12.6. The Morgan fingerprint density at radius 3 is 2.74 bits per heavy atom. The molecule has 2 aromatic heterocycles. The largest absolute Gasteiger partial charge is 0.453 e. The second-order valence-corrected chi connectivity index (χ2v) is 5.80. The first-order chi connectivity index (χ1) is 11.0. The van der Waals surface area contributed by atoms with Crippen LogP contribution in [0, 0.1) is 0 Å². The summed E-state index contributed by atoms with van der Waals surface area (Å²) in [5.41, 5.74) is 0.483. The predicted molar refractivity (Wildman–Crippen MR) is 85.4 cm³/mol. The van der Waals surface area contributed by atoms with Gasteiger partial charge in [0.2, 0.25) is 11.2 Å². The van der Waals surface area contributed by atoms with E-state index in [9.17, 15) is 4.79 Å². The van der Waals surface area contributed by atoms with Gasteiger partial charge in [0.25, 0.3) is 0 Å². The third-order valence-corrected chi connectivity index (χ3v) is 3.58. The summed E-state index contributed by atoms with van der Waals surface area (Å²) in [6.07, 6.45) is 1.51. The minimum Gasteiger partial charge on any atom is -0.453 e. The van der Waals surface area contributed by atoms with Crippen LogP contribution in [0.25, 0.3) is 11.5 Å². The summed E-state index contributed by atoms with van der Waals surface area (Å²) in [6, 6.07) is 5.07. The fourth-order valence-corrected chi connectivity index (χ4v) is 2.05. The predicted octanol–water partition coefficient (Wildman–Crippen LogP) is 2.73. The van der Waals surface area contributed by atoms with Crippen LogP contribution in [0.3, 0.4) is 0 Å². The molecule has 2 heterocycles. The SMILES string of the molecule is COC(=O)Nc1cccc(-c2nc(Cl)nc(NC3(C)CC3)n2)n1. The zero-order chi connectivity index (χ0) is 16.4. The van der Waals surface area contributed by atoms with Crippen LogP contribution in [-0.2, 0) is 4.74 Å². The maximum absolute atomic E-state index is 11.3. The Labute approximate surface area is 137 Å². The molecule has 120 valence electrons. The molecule has 9 heteroatoms. The summed E-state index contributed by atoms with van der Waals surface area (Å²) in [7, 11) is 1.28. The molecule has 23 heavy (non-hydrogen) atoms. The standard InChI is InChI=1S/C14H15ClN6O2/c1-14(6-7-14)21-12-19-10(18-11(15)20-12)8-4-3-5-9(16-8)17-13(22)23-2/h3-5H,6-7H2,1-2H3,(H,16,17,22)(H,18,19,20,21). The number of anilines is 2. The van der Waals surface area contributed by atoms with Crippen LogP contribution >= 0.6 is 11.6 Å². The number of nitrogens with zero attached hydrogens (tertiary/aromatic N) is 4. The lowest BCUT2D eigenvalue weighted by Crippen LogP contribution is -2.18. The minimum atomic E-state index is -0.604. The van der Waals surface area contributed by atoms with Crippen LogP contribution in [0.2, 0.25) is 5.28 Å². The van der Waals surface area contributed by atoms with Gasteiger partial charge in [0.05, 0.1) is 7.11 Å². The molecule has 0 aliphatic heterocycles. The highest BCUT2D eigenvalue weighted by Crippen LogP contribution is 2.37. The van der Waals surface area contributed by atoms with Crippen molar-refractivity contribution < 1.29 is 9.53 Å². The Bertz CT molecular complexity index is 750. The van der Waals surface area contributed by atoms with E-state index in [1.54, 1.807) is 18.2 Å². The van der Waals surface area contributed by atoms with E-state index in [1.807, 2.05) is 0 Å². The van der Waals surface area contributed by atoms with Gasteiger partial charge in [-0.05, 0) is 43.5 Å². The Kier molecular flexibility index (Phi) is 3.99. The average molecular weight is 335 g/mol. The van der Waals surface area contributed by atoms with Crippen LogP contribution in [0.4, 0.5) is 16.6 Å². The van der Waals surface area contributed by atoms with E-state index in [0.29, 0.717) is 23.3 Å². The van der Waals surface area contributed by atoms with E-state index in [2.05, 4.69) is 42.2 Å². The molecule has 2 N–H and O–H groups in total. The second kappa shape index (κ2) is 5.96. The Balaban J connectivity index is 1.88. The maximum Gasteiger partial charge on any atom is 0.412 e. The molecular weight excluding hydrogens is 320 g/mol.